The molecule has 0 aliphatic carbocycles. The van der Waals surface area contributed by atoms with Crippen molar-refractivity contribution in [2.45, 2.75) is 13.0 Å². The molecule has 0 amide bonds. The van der Waals surface area contributed by atoms with E-state index in [1.54, 1.807) is 12.1 Å². The lowest BCUT2D eigenvalue weighted by Gasteiger charge is -2.17. The van der Waals surface area contributed by atoms with E-state index in [2.05, 4.69) is 56.2 Å². The Hall–Kier alpha value is -1.02. The van der Waals surface area contributed by atoms with Crippen molar-refractivity contribution in [3.63, 3.8) is 0 Å². The van der Waals surface area contributed by atoms with Crippen LogP contribution in [0.25, 0.3) is 0 Å². The summed E-state index contributed by atoms with van der Waals surface area (Å²) in [5.41, 5.74) is 2.51. The van der Waals surface area contributed by atoms with Crippen LogP contribution in [0.3, 0.4) is 0 Å². The Labute approximate surface area is 140 Å². The molecule has 2 nitrogen and oxygen atoms in total. The van der Waals surface area contributed by atoms with Crippen LogP contribution in [0.5, 0.6) is 0 Å². The summed E-state index contributed by atoms with van der Waals surface area (Å²) in [5, 5.41) is 12.7. The largest absolute Gasteiger partial charge is 0.378 e. The minimum Gasteiger partial charge on any atom is -0.378 e. The van der Waals surface area contributed by atoms with Gasteiger partial charge in [0.1, 0.15) is 6.07 Å². The number of nitrogens with one attached hydrogen (secondary N) is 1. The molecule has 0 fully saturated rings. The van der Waals surface area contributed by atoms with Crippen LogP contribution in [0, 0.1) is 11.3 Å². The third-order valence-electron chi connectivity index (χ3n) is 2.90. The number of hydrogen-bond donors (Lipinski definition) is 1. The molecule has 0 heterocycles. The summed E-state index contributed by atoms with van der Waals surface area (Å²) in [4.78, 5) is 0. The van der Waals surface area contributed by atoms with Gasteiger partial charge in [-0.25, -0.2) is 0 Å². The Morgan fingerprint density at radius 1 is 1.20 bits per heavy atom. The van der Waals surface area contributed by atoms with Crippen LogP contribution in [0.1, 0.15) is 24.1 Å². The Bertz CT molecular complexity index is 680. The van der Waals surface area contributed by atoms with E-state index in [4.69, 9.17) is 16.9 Å². The Morgan fingerprint density at radius 2 is 1.95 bits per heavy atom. The van der Waals surface area contributed by atoms with E-state index in [1.807, 2.05) is 18.2 Å². The van der Waals surface area contributed by atoms with Gasteiger partial charge in [0.15, 0.2) is 0 Å². The number of nitrogens with zero attached hydrogens (tertiary/aromatic N) is 1. The predicted molar refractivity (Wildman–Crippen MR) is 90.0 cm³/mol. The zero-order valence-corrected chi connectivity index (χ0v) is 14.6. The molecule has 2 aromatic rings. The first kappa shape index (κ1) is 15.4. The highest BCUT2D eigenvalue weighted by Crippen LogP contribution is 2.30. The normalized spacial score (nSPS) is 11.8. The zero-order valence-electron chi connectivity index (χ0n) is 10.6. The van der Waals surface area contributed by atoms with Gasteiger partial charge in [-0.1, -0.05) is 49.5 Å². The van der Waals surface area contributed by atoms with Crippen molar-refractivity contribution < 1.29 is 0 Å². The second-order valence-corrected chi connectivity index (χ2v) is 6.52. The van der Waals surface area contributed by atoms with Crippen molar-refractivity contribution in [1.82, 2.24) is 0 Å². The van der Waals surface area contributed by atoms with Crippen LogP contribution in [0.2, 0.25) is 5.02 Å². The minimum absolute atomic E-state index is 0.112. The molecular formula is C15H11Br2ClN2. The molecule has 1 N–H and O–H groups in total. The number of benzene rings is 2. The third kappa shape index (κ3) is 3.54. The molecule has 0 saturated heterocycles. The Morgan fingerprint density at radius 3 is 2.55 bits per heavy atom. The first-order valence-corrected chi connectivity index (χ1v) is 7.89. The Kier molecular flexibility index (Phi) is 5.09. The molecule has 0 radical (unpaired) electrons. The molecule has 1 atom stereocenters. The van der Waals surface area contributed by atoms with Crippen molar-refractivity contribution >= 4 is 49.1 Å². The molecular weight excluding hydrogens is 403 g/mol. The highest BCUT2D eigenvalue weighted by molar-refractivity contribution is 9.11. The van der Waals surface area contributed by atoms with Gasteiger partial charge in [0.05, 0.1) is 10.6 Å². The van der Waals surface area contributed by atoms with Crippen molar-refractivity contribution in [2.24, 2.45) is 0 Å². The highest BCUT2D eigenvalue weighted by Gasteiger charge is 2.10. The van der Waals surface area contributed by atoms with E-state index in [0.29, 0.717) is 10.6 Å². The molecule has 0 aromatic heterocycles. The lowest BCUT2D eigenvalue weighted by Crippen LogP contribution is -2.07. The first-order chi connectivity index (χ1) is 9.51. The van der Waals surface area contributed by atoms with E-state index in [1.165, 1.54) is 0 Å². The summed E-state index contributed by atoms with van der Waals surface area (Å²) < 4.78 is 2.06. The second kappa shape index (κ2) is 6.62. The molecule has 0 bridgehead atoms. The van der Waals surface area contributed by atoms with Crippen LogP contribution in [-0.2, 0) is 0 Å². The smallest absolute Gasteiger partial charge is 0.101 e. The van der Waals surface area contributed by atoms with Crippen molar-refractivity contribution in [2.75, 3.05) is 5.32 Å². The summed E-state index contributed by atoms with van der Waals surface area (Å²) in [5.74, 6) is 0. The molecule has 5 heteroatoms. The summed E-state index contributed by atoms with van der Waals surface area (Å²) in [6.07, 6.45) is 0. The van der Waals surface area contributed by atoms with Crippen molar-refractivity contribution in [1.29, 1.82) is 5.26 Å². The standard InChI is InChI=1S/C15H11Br2ClN2/c1-9(13-5-3-11(16)6-14(13)17)20-12-4-2-10(8-19)15(18)7-12/h2-7,9,20H,1H3. The van der Waals surface area contributed by atoms with Crippen molar-refractivity contribution in [3.05, 3.63) is 61.5 Å². The van der Waals surface area contributed by atoms with E-state index in [9.17, 15) is 0 Å². The lowest BCUT2D eigenvalue weighted by atomic mass is 10.1. The van der Waals surface area contributed by atoms with Gasteiger partial charge in [-0.15, -0.1) is 0 Å². The SMILES string of the molecule is CC(Nc1ccc(C#N)c(Cl)c1)c1ccc(Br)cc1Br. The van der Waals surface area contributed by atoms with E-state index in [0.717, 1.165) is 20.2 Å². The quantitative estimate of drug-likeness (QED) is 0.678. The molecule has 2 aromatic carbocycles. The predicted octanol–water partition coefficient (Wildman–Crippen LogP) is 5.91. The van der Waals surface area contributed by atoms with Gasteiger partial charge in [-0.05, 0) is 42.8 Å². The number of rotatable bonds is 3. The van der Waals surface area contributed by atoms with Crippen LogP contribution < -0.4 is 5.32 Å². The first-order valence-electron chi connectivity index (χ1n) is 5.92. The summed E-state index contributed by atoms with van der Waals surface area (Å²) >= 11 is 13.0. The maximum absolute atomic E-state index is 8.87. The molecule has 0 saturated carbocycles. The molecule has 0 aliphatic rings. The maximum Gasteiger partial charge on any atom is 0.101 e. The Balaban J connectivity index is 2.21. The minimum atomic E-state index is 0.112. The van der Waals surface area contributed by atoms with E-state index < -0.39 is 0 Å². The summed E-state index contributed by atoms with van der Waals surface area (Å²) in [6.45, 7) is 2.07. The van der Waals surface area contributed by atoms with Crippen LogP contribution in [0.15, 0.2) is 45.3 Å². The summed E-state index contributed by atoms with van der Waals surface area (Å²) in [6, 6.07) is 13.6. The van der Waals surface area contributed by atoms with Gasteiger partial charge in [-0.2, -0.15) is 5.26 Å². The average Bonchev–Trinajstić information content (AvgIpc) is 2.38. The number of hydrogen-bond acceptors (Lipinski definition) is 2. The molecule has 1 unspecified atom stereocenters. The van der Waals surface area contributed by atoms with Crippen LogP contribution >= 0.6 is 43.5 Å². The van der Waals surface area contributed by atoms with Gasteiger partial charge < -0.3 is 5.32 Å². The number of nitriles is 1. The highest BCUT2D eigenvalue weighted by atomic mass is 79.9. The van der Waals surface area contributed by atoms with Gasteiger partial charge in [0, 0.05) is 20.7 Å². The zero-order chi connectivity index (χ0) is 14.7. The fraction of sp³-hybridized carbons (Fsp3) is 0.133. The lowest BCUT2D eigenvalue weighted by molar-refractivity contribution is 0.878. The maximum atomic E-state index is 8.87. The van der Waals surface area contributed by atoms with Gasteiger partial charge in [-0.3, -0.25) is 0 Å². The van der Waals surface area contributed by atoms with Crippen molar-refractivity contribution in [3.8, 4) is 6.07 Å². The fourth-order valence-electron chi connectivity index (χ4n) is 1.88. The number of halogens is 3. The van der Waals surface area contributed by atoms with Crippen LogP contribution in [-0.4, -0.2) is 0 Å². The second-order valence-electron chi connectivity index (χ2n) is 4.34. The molecule has 20 heavy (non-hydrogen) atoms. The molecule has 2 rings (SSSR count). The molecule has 0 aliphatic heterocycles. The fourth-order valence-corrected chi connectivity index (χ4v) is 3.49. The number of anilines is 1. The van der Waals surface area contributed by atoms with E-state index >= 15 is 0 Å². The molecule has 0 spiro atoms. The third-order valence-corrected chi connectivity index (χ3v) is 4.39. The summed E-state index contributed by atoms with van der Waals surface area (Å²) in [7, 11) is 0. The monoisotopic (exact) mass is 412 g/mol. The average molecular weight is 415 g/mol. The van der Waals surface area contributed by atoms with E-state index in [-0.39, 0.29) is 6.04 Å². The van der Waals surface area contributed by atoms with Gasteiger partial charge in [0.2, 0.25) is 0 Å². The molecule has 102 valence electrons. The van der Waals surface area contributed by atoms with Gasteiger partial charge in [0.25, 0.3) is 0 Å². The van der Waals surface area contributed by atoms with Gasteiger partial charge >= 0.3 is 0 Å². The topological polar surface area (TPSA) is 35.8 Å². The van der Waals surface area contributed by atoms with Crippen LogP contribution in [0.4, 0.5) is 5.69 Å².